The van der Waals surface area contributed by atoms with Crippen molar-refractivity contribution in [1.29, 1.82) is 0 Å². The number of nitrogens with one attached hydrogen (secondary N) is 2. The molecule has 0 unspecified atom stereocenters. The summed E-state index contributed by atoms with van der Waals surface area (Å²) >= 11 is 0. The third-order valence-electron chi connectivity index (χ3n) is 3.48. The van der Waals surface area contributed by atoms with Crippen LogP contribution >= 0.6 is 0 Å². The average Bonchev–Trinajstić information content (AvgIpc) is 3.20. The van der Waals surface area contributed by atoms with Gasteiger partial charge in [-0.15, -0.1) is 0 Å². The number of rotatable bonds is 8. The van der Waals surface area contributed by atoms with Gasteiger partial charge >= 0.3 is 6.03 Å². The molecule has 0 saturated heterocycles. The first kappa shape index (κ1) is 15.0. The Labute approximate surface area is 111 Å². The molecule has 0 spiro atoms. The molecule has 2 amide bonds. The molecule has 0 heterocycles. The Morgan fingerprint density at radius 2 is 2.00 bits per heavy atom. The molecule has 0 aromatic rings. The van der Waals surface area contributed by atoms with E-state index in [4.69, 9.17) is 0 Å². The second kappa shape index (κ2) is 8.14. The van der Waals surface area contributed by atoms with E-state index in [1.807, 2.05) is 6.20 Å². The molecule has 18 heavy (non-hydrogen) atoms. The van der Waals surface area contributed by atoms with Crippen molar-refractivity contribution in [3.8, 4) is 0 Å². The van der Waals surface area contributed by atoms with Crippen LogP contribution in [0.2, 0.25) is 0 Å². The van der Waals surface area contributed by atoms with E-state index in [9.17, 15) is 4.79 Å². The zero-order chi connectivity index (χ0) is 13.4. The van der Waals surface area contributed by atoms with Gasteiger partial charge in [0.05, 0.1) is 0 Å². The highest BCUT2D eigenvalue weighted by molar-refractivity contribution is 5.74. The molecule has 2 N–H and O–H groups in total. The lowest BCUT2D eigenvalue weighted by atomic mass is 10.2. The maximum atomic E-state index is 11.5. The summed E-state index contributed by atoms with van der Waals surface area (Å²) in [5.74, 6) is 0.716. The van der Waals surface area contributed by atoms with Gasteiger partial charge in [-0.05, 0) is 51.7 Å². The largest absolute Gasteiger partial charge is 0.338 e. The molecular formula is C14H27N3O. The molecule has 0 radical (unpaired) electrons. The number of allylic oxidation sites excluding steroid dienone is 1. The second-order valence-electron chi connectivity index (χ2n) is 4.94. The highest BCUT2D eigenvalue weighted by Gasteiger charge is 2.22. The summed E-state index contributed by atoms with van der Waals surface area (Å²) in [6.07, 6.45) is 5.39. The van der Waals surface area contributed by atoms with Crippen molar-refractivity contribution in [2.45, 2.75) is 40.0 Å². The Balaban J connectivity index is 2.04. The van der Waals surface area contributed by atoms with E-state index in [0.29, 0.717) is 5.92 Å². The quantitative estimate of drug-likeness (QED) is 0.652. The van der Waals surface area contributed by atoms with Crippen LogP contribution in [-0.2, 0) is 0 Å². The molecule has 1 saturated carbocycles. The smallest absolute Gasteiger partial charge is 0.318 e. The molecule has 0 aromatic heterocycles. The summed E-state index contributed by atoms with van der Waals surface area (Å²) in [4.78, 5) is 13.9. The Hall–Kier alpha value is -1.03. The SMILES string of the molecule is CCN(CC)CCCNC(=O)N/C=C(\C)C1CC1. The molecule has 1 aliphatic rings. The fourth-order valence-electron chi connectivity index (χ4n) is 1.93. The van der Waals surface area contributed by atoms with Crippen LogP contribution in [0.3, 0.4) is 0 Å². The maximum Gasteiger partial charge on any atom is 0.318 e. The summed E-state index contributed by atoms with van der Waals surface area (Å²) in [5.41, 5.74) is 1.29. The highest BCUT2D eigenvalue weighted by Crippen LogP contribution is 2.35. The van der Waals surface area contributed by atoms with Gasteiger partial charge in [-0.1, -0.05) is 19.4 Å². The molecule has 0 aromatic carbocycles. The number of hydrogen-bond donors (Lipinski definition) is 2. The standard InChI is InChI=1S/C14H27N3O/c1-4-17(5-2)10-6-9-15-14(18)16-11-12(3)13-7-8-13/h11,13H,4-10H2,1-3H3,(H2,15,16,18)/b12-11+. The van der Waals surface area contributed by atoms with E-state index in [1.165, 1.54) is 18.4 Å². The minimum Gasteiger partial charge on any atom is -0.338 e. The topological polar surface area (TPSA) is 44.4 Å². The lowest BCUT2D eigenvalue weighted by Gasteiger charge is -2.17. The van der Waals surface area contributed by atoms with Crippen LogP contribution in [0, 0.1) is 5.92 Å². The summed E-state index contributed by atoms with van der Waals surface area (Å²) in [6, 6.07) is -0.0884. The van der Waals surface area contributed by atoms with E-state index < -0.39 is 0 Å². The fraction of sp³-hybridized carbons (Fsp3) is 0.786. The van der Waals surface area contributed by atoms with Gasteiger partial charge in [0.15, 0.2) is 0 Å². The molecule has 4 heteroatoms. The first-order valence-electron chi connectivity index (χ1n) is 7.10. The van der Waals surface area contributed by atoms with E-state index in [2.05, 4.69) is 36.3 Å². The van der Waals surface area contributed by atoms with Gasteiger partial charge in [0.25, 0.3) is 0 Å². The van der Waals surface area contributed by atoms with Crippen LogP contribution in [-0.4, -0.2) is 37.1 Å². The van der Waals surface area contributed by atoms with Crippen LogP contribution in [0.4, 0.5) is 4.79 Å². The minimum absolute atomic E-state index is 0.0884. The summed E-state index contributed by atoms with van der Waals surface area (Å²) in [6.45, 7) is 10.3. The summed E-state index contributed by atoms with van der Waals surface area (Å²) in [7, 11) is 0. The molecule has 0 aliphatic heterocycles. The molecule has 104 valence electrons. The molecule has 0 bridgehead atoms. The van der Waals surface area contributed by atoms with Crippen molar-refractivity contribution in [3.63, 3.8) is 0 Å². The minimum atomic E-state index is -0.0884. The third-order valence-corrected chi connectivity index (χ3v) is 3.48. The number of urea groups is 1. The van der Waals surface area contributed by atoms with Gasteiger partial charge in [0.2, 0.25) is 0 Å². The van der Waals surface area contributed by atoms with Crippen LogP contribution in [0.1, 0.15) is 40.0 Å². The van der Waals surface area contributed by atoms with Crippen LogP contribution in [0.5, 0.6) is 0 Å². The zero-order valence-electron chi connectivity index (χ0n) is 12.0. The molecule has 1 fully saturated rings. The van der Waals surface area contributed by atoms with Crippen molar-refractivity contribution in [1.82, 2.24) is 15.5 Å². The van der Waals surface area contributed by atoms with Crippen molar-refractivity contribution >= 4 is 6.03 Å². The molecule has 1 rings (SSSR count). The molecular weight excluding hydrogens is 226 g/mol. The molecule has 0 atom stereocenters. The predicted octanol–water partition coefficient (Wildman–Crippen LogP) is 2.33. The predicted molar refractivity (Wildman–Crippen MR) is 75.4 cm³/mol. The van der Waals surface area contributed by atoms with Gasteiger partial charge in [-0.25, -0.2) is 4.79 Å². The molecule has 4 nitrogen and oxygen atoms in total. The average molecular weight is 253 g/mol. The van der Waals surface area contributed by atoms with Crippen LogP contribution in [0.15, 0.2) is 11.8 Å². The fourth-order valence-corrected chi connectivity index (χ4v) is 1.93. The van der Waals surface area contributed by atoms with Gasteiger partial charge in [-0.3, -0.25) is 0 Å². The normalized spacial score (nSPS) is 15.9. The van der Waals surface area contributed by atoms with Gasteiger partial charge in [-0.2, -0.15) is 0 Å². The Kier molecular flexibility index (Phi) is 6.80. The number of carbonyl (C=O) groups is 1. The van der Waals surface area contributed by atoms with Crippen LogP contribution in [0.25, 0.3) is 0 Å². The van der Waals surface area contributed by atoms with Crippen LogP contribution < -0.4 is 10.6 Å². The van der Waals surface area contributed by atoms with Gasteiger partial charge in [0, 0.05) is 12.7 Å². The summed E-state index contributed by atoms with van der Waals surface area (Å²) < 4.78 is 0. The van der Waals surface area contributed by atoms with Crippen molar-refractivity contribution in [3.05, 3.63) is 11.8 Å². The Morgan fingerprint density at radius 3 is 2.56 bits per heavy atom. The first-order chi connectivity index (χ1) is 8.67. The maximum absolute atomic E-state index is 11.5. The van der Waals surface area contributed by atoms with Gasteiger partial charge in [0.1, 0.15) is 0 Å². The second-order valence-corrected chi connectivity index (χ2v) is 4.94. The Bertz CT molecular complexity index is 281. The number of hydrogen-bond acceptors (Lipinski definition) is 2. The monoisotopic (exact) mass is 253 g/mol. The van der Waals surface area contributed by atoms with Crippen molar-refractivity contribution < 1.29 is 4.79 Å². The first-order valence-corrected chi connectivity index (χ1v) is 7.10. The zero-order valence-corrected chi connectivity index (χ0v) is 12.0. The van der Waals surface area contributed by atoms with Crippen molar-refractivity contribution in [2.24, 2.45) is 5.92 Å². The van der Waals surface area contributed by atoms with E-state index in [1.54, 1.807) is 0 Å². The van der Waals surface area contributed by atoms with E-state index in [-0.39, 0.29) is 6.03 Å². The Morgan fingerprint density at radius 1 is 1.33 bits per heavy atom. The summed E-state index contributed by atoms with van der Waals surface area (Å²) in [5, 5.41) is 5.67. The van der Waals surface area contributed by atoms with E-state index in [0.717, 1.165) is 32.6 Å². The number of amides is 2. The highest BCUT2D eigenvalue weighted by atomic mass is 16.2. The lowest BCUT2D eigenvalue weighted by molar-refractivity contribution is 0.242. The molecule has 1 aliphatic carbocycles. The lowest BCUT2D eigenvalue weighted by Crippen LogP contribution is -2.35. The number of nitrogens with zero attached hydrogens (tertiary/aromatic N) is 1. The van der Waals surface area contributed by atoms with Crippen molar-refractivity contribution in [2.75, 3.05) is 26.2 Å². The third kappa shape index (κ3) is 6.05. The van der Waals surface area contributed by atoms with E-state index >= 15 is 0 Å². The van der Waals surface area contributed by atoms with Gasteiger partial charge < -0.3 is 15.5 Å². The number of carbonyl (C=O) groups excluding carboxylic acids is 1.